The van der Waals surface area contributed by atoms with Crippen LogP contribution in [0.4, 0.5) is 0 Å². The van der Waals surface area contributed by atoms with E-state index in [0.29, 0.717) is 12.8 Å². The van der Waals surface area contributed by atoms with Crippen LogP contribution in [0.15, 0.2) is 54.6 Å². The highest BCUT2D eigenvalue weighted by atomic mass is 35.5. The van der Waals surface area contributed by atoms with Crippen LogP contribution in [-0.2, 0) is 4.79 Å². The van der Waals surface area contributed by atoms with Gasteiger partial charge in [-0.1, -0.05) is 48.0 Å². The first-order valence-electron chi connectivity index (χ1n) is 8.83. The summed E-state index contributed by atoms with van der Waals surface area (Å²) in [4.78, 5) is 14.9. The van der Waals surface area contributed by atoms with Crippen molar-refractivity contribution >= 4 is 39.0 Å². The maximum absolute atomic E-state index is 11.3. The molecule has 26 heavy (non-hydrogen) atoms. The molecule has 4 rings (SSSR count). The Balaban J connectivity index is 1.73. The van der Waals surface area contributed by atoms with Crippen LogP contribution in [0, 0.1) is 5.92 Å². The lowest BCUT2D eigenvalue weighted by atomic mass is 9.93. The van der Waals surface area contributed by atoms with Crippen molar-refractivity contribution in [2.24, 2.45) is 5.92 Å². The van der Waals surface area contributed by atoms with Gasteiger partial charge in [0.2, 0.25) is 0 Å². The highest BCUT2D eigenvalue weighted by molar-refractivity contribution is 7.19. The van der Waals surface area contributed by atoms with Crippen molar-refractivity contribution in [3.63, 3.8) is 0 Å². The zero-order valence-corrected chi connectivity index (χ0v) is 15.8. The van der Waals surface area contributed by atoms with Crippen LogP contribution in [0.5, 0.6) is 0 Å². The van der Waals surface area contributed by atoms with Gasteiger partial charge in [-0.3, -0.25) is 9.69 Å². The summed E-state index contributed by atoms with van der Waals surface area (Å²) >= 11 is 8.34. The first kappa shape index (κ1) is 17.5. The average molecular weight is 386 g/mol. The summed E-state index contributed by atoms with van der Waals surface area (Å²) in [5.41, 5.74) is 1.09. The summed E-state index contributed by atoms with van der Waals surface area (Å²) in [5.74, 6) is -0.915. The minimum atomic E-state index is -0.680. The molecule has 1 aromatic heterocycles. The number of rotatable bonds is 4. The summed E-state index contributed by atoms with van der Waals surface area (Å²) in [6.07, 6.45) is 1.36. The summed E-state index contributed by atoms with van der Waals surface area (Å²) in [6, 6.07) is 18.7. The molecule has 1 N–H and O–H groups in total. The van der Waals surface area contributed by atoms with Gasteiger partial charge in [0.1, 0.15) is 0 Å². The van der Waals surface area contributed by atoms with Gasteiger partial charge in [-0.2, -0.15) is 0 Å². The largest absolute Gasteiger partial charge is 0.481 e. The smallest absolute Gasteiger partial charge is 0.306 e. The van der Waals surface area contributed by atoms with Crippen LogP contribution in [0.2, 0.25) is 5.02 Å². The number of halogens is 1. The Morgan fingerprint density at radius 1 is 1.12 bits per heavy atom. The molecule has 134 valence electrons. The normalized spacial score (nSPS) is 17.4. The predicted molar refractivity (Wildman–Crippen MR) is 107 cm³/mol. The number of aliphatic carboxylic acids is 1. The molecule has 2 aromatic carbocycles. The van der Waals surface area contributed by atoms with Crippen molar-refractivity contribution in [1.29, 1.82) is 0 Å². The quantitative estimate of drug-likeness (QED) is 0.650. The highest BCUT2D eigenvalue weighted by Crippen LogP contribution is 2.40. The average Bonchev–Trinajstić information content (AvgIpc) is 3.07. The standard InChI is InChI=1S/C21H20ClNO2S/c22-17-7-3-2-6-16(17)20(23-11-9-14(10-12-23)21(24)25)19-13-15-5-1-4-8-18(15)26-19/h1-8,13-14,20H,9-12H2,(H,24,25). The van der Waals surface area contributed by atoms with Crippen molar-refractivity contribution in [2.45, 2.75) is 18.9 Å². The van der Waals surface area contributed by atoms with Crippen LogP contribution < -0.4 is 0 Å². The monoisotopic (exact) mass is 385 g/mol. The third-order valence-electron chi connectivity index (χ3n) is 5.16. The summed E-state index contributed by atoms with van der Waals surface area (Å²) < 4.78 is 1.26. The number of carboxylic acids is 1. The molecule has 1 unspecified atom stereocenters. The molecule has 3 aromatic rings. The van der Waals surface area contributed by atoms with Gasteiger partial charge in [0.25, 0.3) is 0 Å². The molecule has 1 fully saturated rings. The van der Waals surface area contributed by atoms with E-state index < -0.39 is 5.97 Å². The number of likely N-dealkylation sites (tertiary alicyclic amines) is 1. The first-order chi connectivity index (χ1) is 12.6. The Morgan fingerprint density at radius 3 is 2.50 bits per heavy atom. The second kappa shape index (κ2) is 7.39. The fourth-order valence-corrected chi connectivity index (χ4v) is 5.23. The van der Waals surface area contributed by atoms with Gasteiger partial charge < -0.3 is 5.11 Å². The van der Waals surface area contributed by atoms with E-state index in [4.69, 9.17) is 11.6 Å². The third kappa shape index (κ3) is 3.37. The molecule has 1 atom stereocenters. The van der Waals surface area contributed by atoms with Gasteiger partial charge >= 0.3 is 5.97 Å². The number of nitrogens with zero attached hydrogens (tertiary/aromatic N) is 1. The van der Waals surface area contributed by atoms with Gasteiger partial charge in [0.15, 0.2) is 0 Å². The van der Waals surface area contributed by atoms with Crippen LogP contribution in [0.25, 0.3) is 10.1 Å². The predicted octanol–water partition coefficient (Wildman–Crippen LogP) is 5.44. The molecule has 2 heterocycles. The van der Waals surface area contributed by atoms with E-state index in [0.717, 1.165) is 23.7 Å². The number of carbonyl (C=O) groups is 1. The SMILES string of the molecule is O=C(O)C1CCN(C(c2cc3ccccc3s2)c2ccccc2Cl)CC1. The van der Waals surface area contributed by atoms with E-state index in [1.54, 1.807) is 11.3 Å². The third-order valence-corrected chi connectivity index (χ3v) is 6.67. The van der Waals surface area contributed by atoms with E-state index in [1.807, 2.05) is 18.2 Å². The van der Waals surface area contributed by atoms with E-state index in [2.05, 4.69) is 41.3 Å². The first-order valence-corrected chi connectivity index (χ1v) is 10.0. The Morgan fingerprint density at radius 2 is 1.81 bits per heavy atom. The molecule has 0 aliphatic carbocycles. The number of carboxylic acid groups (broad SMARTS) is 1. The minimum Gasteiger partial charge on any atom is -0.481 e. The Kier molecular flexibility index (Phi) is 4.98. The van der Waals surface area contributed by atoms with Crippen LogP contribution >= 0.6 is 22.9 Å². The van der Waals surface area contributed by atoms with E-state index in [-0.39, 0.29) is 12.0 Å². The van der Waals surface area contributed by atoms with E-state index in [9.17, 15) is 9.90 Å². The molecule has 0 saturated carbocycles. The number of thiophene rings is 1. The Labute approximate surface area is 161 Å². The van der Waals surface area contributed by atoms with Gasteiger partial charge in [-0.05, 0) is 55.1 Å². The van der Waals surface area contributed by atoms with Gasteiger partial charge in [-0.25, -0.2) is 0 Å². The van der Waals surface area contributed by atoms with Crippen molar-refractivity contribution in [2.75, 3.05) is 13.1 Å². The molecule has 0 bridgehead atoms. The molecule has 1 aliphatic rings. The number of piperidine rings is 1. The lowest BCUT2D eigenvalue weighted by molar-refractivity contribution is -0.143. The van der Waals surface area contributed by atoms with Crippen LogP contribution in [-0.4, -0.2) is 29.1 Å². The molecule has 0 radical (unpaired) electrons. The molecule has 5 heteroatoms. The lowest BCUT2D eigenvalue weighted by Crippen LogP contribution is -2.39. The van der Waals surface area contributed by atoms with E-state index in [1.165, 1.54) is 15.0 Å². The molecular formula is C21H20ClNO2S. The van der Waals surface area contributed by atoms with Gasteiger partial charge in [0, 0.05) is 14.6 Å². The number of hydrogen-bond donors (Lipinski definition) is 1. The second-order valence-electron chi connectivity index (χ2n) is 6.76. The fourth-order valence-electron chi connectivity index (χ4n) is 3.77. The molecule has 0 amide bonds. The van der Waals surface area contributed by atoms with Crippen molar-refractivity contribution in [3.8, 4) is 0 Å². The van der Waals surface area contributed by atoms with Gasteiger partial charge in [-0.15, -0.1) is 11.3 Å². The molecule has 3 nitrogen and oxygen atoms in total. The molecular weight excluding hydrogens is 366 g/mol. The van der Waals surface area contributed by atoms with Crippen molar-refractivity contribution in [3.05, 3.63) is 70.1 Å². The van der Waals surface area contributed by atoms with E-state index >= 15 is 0 Å². The van der Waals surface area contributed by atoms with Crippen molar-refractivity contribution in [1.82, 2.24) is 4.90 Å². The zero-order chi connectivity index (χ0) is 18.1. The van der Waals surface area contributed by atoms with Gasteiger partial charge in [0.05, 0.1) is 12.0 Å². The zero-order valence-electron chi connectivity index (χ0n) is 14.3. The summed E-state index contributed by atoms with van der Waals surface area (Å²) in [7, 11) is 0. The van der Waals surface area contributed by atoms with Crippen molar-refractivity contribution < 1.29 is 9.90 Å². The maximum atomic E-state index is 11.3. The fraction of sp³-hybridized carbons (Fsp3) is 0.286. The van der Waals surface area contributed by atoms with Crippen LogP contribution in [0.1, 0.15) is 29.3 Å². The molecule has 1 saturated heterocycles. The Bertz CT molecular complexity index is 897. The number of benzene rings is 2. The summed E-state index contributed by atoms with van der Waals surface area (Å²) in [5, 5.41) is 11.3. The minimum absolute atomic E-state index is 0.0656. The number of fused-ring (bicyclic) bond motifs is 1. The maximum Gasteiger partial charge on any atom is 0.306 e. The Hall–Kier alpha value is -1.88. The highest BCUT2D eigenvalue weighted by Gasteiger charge is 2.31. The van der Waals surface area contributed by atoms with Crippen LogP contribution in [0.3, 0.4) is 0 Å². The summed E-state index contributed by atoms with van der Waals surface area (Å²) in [6.45, 7) is 1.53. The number of hydrogen-bond acceptors (Lipinski definition) is 3. The molecule has 0 spiro atoms. The molecule has 1 aliphatic heterocycles. The lowest BCUT2D eigenvalue weighted by Gasteiger charge is -2.36. The topological polar surface area (TPSA) is 40.5 Å². The second-order valence-corrected chi connectivity index (χ2v) is 8.28.